The summed E-state index contributed by atoms with van der Waals surface area (Å²) in [6.07, 6.45) is 2.44. The van der Waals surface area contributed by atoms with Gasteiger partial charge in [-0.3, -0.25) is 14.9 Å². The number of carbonyl (C=O) groups excluding carboxylic acids is 1. The molecule has 5 aromatic rings. The predicted octanol–water partition coefficient (Wildman–Crippen LogP) is 5.81. The number of nitrogens with zero attached hydrogens (tertiary/aromatic N) is 4. The van der Waals surface area contributed by atoms with Crippen LogP contribution in [-0.2, 0) is 34.3 Å². The van der Waals surface area contributed by atoms with Crippen molar-refractivity contribution in [2.75, 3.05) is 18.0 Å². The molecule has 7 rings (SSSR count). The third kappa shape index (κ3) is 7.83. The van der Waals surface area contributed by atoms with E-state index in [1.54, 1.807) is 0 Å². The number of benzene rings is 5. The SMILES string of the molecule is Cc1ccccc1N1CCc2ccccc2[C@H]1[C@H](N=C(c1ccccc1)c1ccccc1N=C([O-])[C@@H]1CCCN1Cc1ccccc1)C(=O)[O-].[Ni+2]. The summed E-state index contributed by atoms with van der Waals surface area (Å²) >= 11 is 0. The Kier molecular flexibility index (Phi) is 11.5. The molecule has 0 amide bonds. The average Bonchev–Trinajstić information content (AvgIpc) is 3.61. The summed E-state index contributed by atoms with van der Waals surface area (Å²) in [5, 5.41) is 27.3. The van der Waals surface area contributed by atoms with Gasteiger partial charge in [0.2, 0.25) is 0 Å². The zero-order valence-electron chi connectivity index (χ0n) is 28.5. The van der Waals surface area contributed by atoms with Crippen LogP contribution in [0, 0.1) is 6.92 Å². The molecule has 0 aromatic heterocycles. The van der Waals surface area contributed by atoms with Crippen LogP contribution in [0.15, 0.2) is 143 Å². The first-order valence-corrected chi connectivity index (χ1v) is 17.3. The maximum Gasteiger partial charge on any atom is 2.00 e. The quantitative estimate of drug-likeness (QED) is 0.103. The summed E-state index contributed by atoms with van der Waals surface area (Å²) in [5.74, 6) is -1.48. The third-order valence-corrected chi connectivity index (χ3v) is 9.88. The summed E-state index contributed by atoms with van der Waals surface area (Å²) in [6, 6.07) is 40.9. The number of likely N-dealkylation sites (tertiary alicyclic amines) is 1. The predicted molar refractivity (Wildman–Crippen MR) is 196 cm³/mol. The first kappa shape index (κ1) is 35.8. The summed E-state index contributed by atoms with van der Waals surface area (Å²) in [5.41, 5.74) is 7.43. The van der Waals surface area contributed by atoms with Gasteiger partial charge in [-0.05, 0) is 73.0 Å². The number of hydrogen-bond donors (Lipinski definition) is 0. The second kappa shape index (κ2) is 16.3. The van der Waals surface area contributed by atoms with Crippen molar-refractivity contribution in [1.82, 2.24) is 4.90 Å². The van der Waals surface area contributed by atoms with Crippen LogP contribution >= 0.6 is 0 Å². The van der Waals surface area contributed by atoms with E-state index in [9.17, 15) is 15.0 Å². The van der Waals surface area contributed by atoms with E-state index in [2.05, 4.69) is 28.0 Å². The van der Waals surface area contributed by atoms with Crippen molar-refractivity contribution in [1.29, 1.82) is 0 Å². The Labute approximate surface area is 309 Å². The van der Waals surface area contributed by atoms with E-state index >= 15 is 0 Å². The molecule has 0 saturated carbocycles. The number of anilines is 1. The molecule has 2 aliphatic heterocycles. The zero-order chi connectivity index (χ0) is 34.5. The van der Waals surface area contributed by atoms with Crippen LogP contribution in [0.4, 0.5) is 11.4 Å². The van der Waals surface area contributed by atoms with Crippen molar-refractivity contribution < 1.29 is 31.5 Å². The molecule has 51 heavy (non-hydrogen) atoms. The smallest absolute Gasteiger partial charge is 0.861 e. The minimum Gasteiger partial charge on any atom is -0.861 e. The van der Waals surface area contributed by atoms with Crippen molar-refractivity contribution in [2.24, 2.45) is 9.98 Å². The standard InChI is InChI=1S/C43H42N4O3.Ni/c1-30-15-8-13-24-37(30)47-28-26-32-18-9-10-21-34(32)41(47)40(43(49)50)45-39(33-19-6-3-7-20-33)35-22-11-12-23-36(35)44-42(48)38-25-14-27-46(38)29-31-16-4-2-5-17-31;/h2-13,15-24,38,40-41H,14,25-29H2,1H3,(H,44,48)(H,49,50);/q;+2/p-2/t38-,40-,41-;/m0./s1. The van der Waals surface area contributed by atoms with Crippen LogP contribution < -0.4 is 15.1 Å². The first-order chi connectivity index (χ1) is 24.5. The van der Waals surface area contributed by atoms with Crippen molar-refractivity contribution in [3.63, 3.8) is 0 Å². The number of hydrogen-bond acceptors (Lipinski definition) is 7. The van der Waals surface area contributed by atoms with Crippen molar-refractivity contribution in [2.45, 2.75) is 50.9 Å². The number of aliphatic imine (C=N–C) groups is 2. The molecule has 260 valence electrons. The molecular weight excluding hydrogens is 679 g/mol. The van der Waals surface area contributed by atoms with E-state index in [0.717, 1.165) is 59.3 Å². The number of aliphatic carboxylic acids is 1. The van der Waals surface area contributed by atoms with Gasteiger partial charge < -0.3 is 19.9 Å². The molecule has 5 aromatic carbocycles. The maximum atomic E-state index is 13.9. The van der Waals surface area contributed by atoms with E-state index in [1.807, 2.05) is 122 Å². The van der Waals surface area contributed by atoms with Gasteiger partial charge in [-0.15, -0.1) is 0 Å². The summed E-state index contributed by atoms with van der Waals surface area (Å²) in [7, 11) is 0. The minimum atomic E-state index is -1.27. The Morgan fingerprint density at radius 1 is 0.804 bits per heavy atom. The van der Waals surface area contributed by atoms with E-state index in [4.69, 9.17) is 9.98 Å². The first-order valence-electron chi connectivity index (χ1n) is 17.3. The normalized spacial score (nSPS) is 18.5. The van der Waals surface area contributed by atoms with Gasteiger partial charge in [0.1, 0.15) is 6.04 Å². The largest absolute Gasteiger partial charge is 2.00 e. The van der Waals surface area contributed by atoms with E-state index < -0.39 is 18.1 Å². The molecule has 0 radical (unpaired) electrons. The van der Waals surface area contributed by atoms with Gasteiger partial charge in [-0.1, -0.05) is 121 Å². The van der Waals surface area contributed by atoms with Gasteiger partial charge in [0.05, 0.1) is 23.4 Å². The Hall–Kier alpha value is -5.04. The Bertz CT molecular complexity index is 2020. The number of fused-ring (bicyclic) bond motifs is 1. The van der Waals surface area contributed by atoms with Crippen LogP contribution in [0.5, 0.6) is 0 Å². The summed E-state index contributed by atoms with van der Waals surface area (Å²) in [6.45, 7) is 4.18. The fourth-order valence-electron chi connectivity index (χ4n) is 7.46. The van der Waals surface area contributed by atoms with Crippen molar-refractivity contribution in [3.05, 3.63) is 167 Å². The molecule has 2 heterocycles. The molecule has 0 bridgehead atoms. The molecule has 7 nitrogen and oxygen atoms in total. The molecule has 2 aliphatic rings. The van der Waals surface area contributed by atoms with Gasteiger partial charge in [0.25, 0.3) is 0 Å². The monoisotopic (exact) mass is 718 g/mol. The van der Waals surface area contributed by atoms with E-state index in [0.29, 0.717) is 30.1 Å². The summed E-state index contributed by atoms with van der Waals surface area (Å²) < 4.78 is 0. The Balaban J connectivity index is 0.00000448. The number of carboxylic acid groups (broad SMARTS) is 1. The molecule has 0 aliphatic carbocycles. The minimum absolute atomic E-state index is 0. The molecule has 0 spiro atoms. The van der Waals surface area contributed by atoms with E-state index in [-0.39, 0.29) is 28.4 Å². The average molecular weight is 720 g/mol. The van der Waals surface area contributed by atoms with Crippen LogP contribution in [-0.4, -0.2) is 47.7 Å². The van der Waals surface area contributed by atoms with Crippen molar-refractivity contribution in [3.8, 4) is 0 Å². The number of para-hydroxylation sites is 2. The molecular formula is C43H40N4NiO3. The van der Waals surface area contributed by atoms with Crippen LogP contribution in [0.2, 0.25) is 0 Å². The number of carbonyl (C=O) groups is 1. The van der Waals surface area contributed by atoms with Gasteiger partial charge in [-0.25, -0.2) is 0 Å². The molecule has 0 N–H and O–H groups in total. The number of rotatable bonds is 10. The molecule has 1 fully saturated rings. The molecule has 1 saturated heterocycles. The van der Waals surface area contributed by atoms with Crippen LogP contribution in [0.3, 0.4) is 0 Å². The summed E-state index contributed by atoms with van der Waals surface area (Å²) in [4.78, 5) is 27.5. The Morgan fingerprint density at radius 3 is 2.24 bits per heavy atom. The molecule has 0 unspecified atom stereocenters. The van der Waals surface area contributed by atoms with Gasteiger partial charge in [0.15, 0.2) is 0 Å². The van der Waals surface area contributed by atoms with E-state index in [1.165, 1.54) is 0 Å². The second-order valence-electron chi connectivity index (χ2n) is 13.1. The Morgan fingerprint density at radius 2 is 1.47 bits per heavy atom. The van der Waals surface area contributed by atoms with Crippen LogP contribution in [0.25, 0.3) is 0 Å². The second-order valence-corrected chi connectivity index (χ2v) is 13.1. The van der Waals surface area contributed by atoms with Gasteiger partial charge in [0, 0.05) is 35.9 Å². The van der Waals surface area contributed by atoms with Crippen LogP contribution in [0.1, 0.15) is 52.3 Å². The fourth-order valence-corrected chi connectivity index (χ4v) is 7.46. The van der Waals surface area contributed by atoms with Gasteiger partial charge in [-0.2, -0.15) is 0 Å². The third-order valence-electron chi connectivity index (χ3n) is 9.88. The topological polar surface area (TPSA) is 94.4 Å². The molecule has 3 atom stereocenters. The zero-order valence-corrected chi connectivity index (χ0v) is 29.5. The van der Waals surface area contributed by atoms with Crippen molar-refractivity contribution >= 4 is 29.0 Å². The molecule has 8 heteroatoms. The van der Waals surface area contributed by atoms with Gasteiger partial charge >= 0.3 is 16.5 Å². The fraction of sp³-hybridized carbons (Fsp3) is 0.233. The maximum absolute atomic E-state index is 13.9. The number of carboxylic acids is 1. The number of aryl methyl sites for hydroxylation is 1.